The van der Waals surface area contributed by atoms with Crippen molar-refractivity contribution in [3.63, 3.8) is 0 Å². The van der Waals surface area contributed by atoms with Gasteiger partial charge in [0.15, 0.2) is 11.2 Å². The fourth-order valence-electron chi connectivity index (χ4n) is 0.904. The van der Waals surface area contributed by atoms with Crippen molar-refractivity contribution >= 4 is 11.2 Å². The Morgan fingerprint density at radius 3 is 2.67 bits per heavy atom. The van der Waals surface area contributed by atoms with Gasteiger partial charge in [-0.15, -0.1) is 0 Å². The highest BCUT2D eigenvalue weighted by Crippen LogP contribution is 1.97. The minimum Gasteiger partial charge on any atom is -0.308 e. The summed E-state index contributed by atoms with van der Waals surface area (Å²) < 4.78 is 12.4. The average Bonchev–Trinajstić information content (AvgIpc) is 2.29. The van der Waals surface area contributed by atoms with Gasteiger partial charge in [0.05, 0.1) is 0 Å². The second-order valence-electron chi connectivity index (χ2n) is 2.16. The van der Waals surface area contributed by atoms with Crippen molar-refractivity contribution in [1.82, 2.24) is 19.9 Å². The van der Waals surface area contributed by atoms with E-state index in [-0.39, 0.29) is 11.2 Å². The van der Waals surface area contributed by atoms with Gasteiger partial charge in [-0.05, 0) is 0 Å². The van der Waals surface area contributed by atoms with Crippen LogP contribution in [-0.4, -0.2) is 19.9 Å². The van der Waals surface area contributed by atoms with Gasteiger partial charge < -0.3 is 4.98 Å². The van der Waals surface area contributed by atoms with E-state index in [9.17, 15) is 14.0 Å². The van der Waals surface area contributed by atoms with Crippen molar-refractivity contribution < 1.29 is 4.39 Å². The van der Waals surface area contributed by atoms with E-state index in [1.807, 2.05) is 4.98 Å². The molecule has 0 spiro atoms. The Labute approximate surface area is 63.5 Å². The number of H-pyrrole nitrogens is 3. The second-order valence-corrected chi connectivity index (χ2v) is 2.16. The van der Waals surface area contributed by atoms with Gasteiger partial charge in [0.25, 0.3) is 11.6 Å². The molecule has 0 aromatic carbocycles. The monoisotopic (exact) mass is 170 g/mol. The Bertz CT molecular complexity index is 536. The molecule has 12 heavy (non-hydrogen) atoms. The maximum Gasteiger partial charge on any atom is 0.327 e. The van der Waals surface area contributed by atoms with Crippen molar-refractivity contribution in [2.75, 3.05) is 0 Å². The highest BCUT2D eigenvalue weighted by molar-refractivity contribution is 5.67. The molecule has 0 bridgehead atoms. The number of fused-ring (bicyclic) bond motifs is 1. The van der Waals surface area contributed by atoms with Crippen LogP contribution in [0.15, 0.2) is 9.59 Å². The molecule has 2 aromatic rings. The summed E-state index contributed by atoms with van der Waals surface area (Å²) >= 11 is 0. The van der Waals surface area contributed by atoms with Crippen LogP contribution in [0.25, 0.3) is 11.2 Å². The molecule has 0 aliphatic rings. The number of nitrogens with zero attached hydrogens (tertiary/aromatic N) is 1. The molecule has 0 saturated heterocycles. The third-order valence-electron chi connectivity index (χ3n) is 1.36. The van der Waals surface area contributed by atoms with Crippen LogP contribution in [0.2, 0.25) is 0 Å². The van der Waals surface area contributed by atoms with E-state index < -0.39 is 17.3 Å². The van der Waals surface area contributed by atoms with Gasteiger partial charge in [0.1, 0.15) is 0 Å². The molecule has 0 radical (unpaired) electrons. The van der Waals surface area contributed by atoms with E-state index in [0.29, 0.717) is 0 Å². The zero-order valence-corrected chi connectivity index (χ0v) is 5.64. The van der Waals surface area contributed by atoms with Gasteiger partial charge in [-0.3, -0.25) is 14.8 Å². The third kappa shape index (κ3) is 0.831. The second kappa shape index (κ2) is 2.03. The van der Waals surface area contributed by atoms with E-state index in [0.717, 1.165) is 0 Å². The Morgan fingerprint density at radius 1 is 1.17 bits per heavy atom. The van der Waals surface area contributed by atoms with Crippen LogP contribution in [-0.2, 0) is 0 Å². The Morgan fingerprint density at radius 2 is 1.92 bits per heavy atom. The number of nitrogens with one attached hydrogen (secondary N) is 3. The minimum atomic E-state index is -0.905. The lowest BCUT2D eigenvalue weighted by Gasteiger charge is -1.83. The molecule has 7 heteroatoms. The van der Waals surface area contributed by atoms with Crippen LogP contribution in [0.5, 0.6) is 0 Å². The molecule has 0 amide bonds. The number of halogens is 1. The molecule has 2 aromatic heterocycles. The van der Waals surface area contributed by atoms with E-state index in [2.05, 4.69) is 15.0 Å². The predicted octanol–water partition coefficient (Wildman–Crippen LogP) is -0.921. The normalized spacial score (nSPS) is 10.8. The smallest absolute Gasteiger partial charge is 0.308 e. The molecule has 0 aliphatic carbocycles. The molecule has 62 valence electrons. The quantitative estimate of drug-likeness (QED) is 0.446. The summed E-state index contributed by atoms with van der Waals surface area (Å²) in [5.74, 6) is 0. The Balaban J connectivity index is 3.08. The molecule has 3 N–H and O–H groups in total. The third-order valence-corrected chi connectivity index (χ3v) is 1.36. The summed E-state index contributed by atoms with van der Waals surface area (Å²) in [7, 11) is 0. The van der Waals surface area contributed by atoms with Crippen molar-refractivity contribution in [3.8, 4) is 0 Å². The van der Waals surface area contributed by atoms with Crippen LogP contribution >= 0.6 is 0 Å². The highest BCUT2D eigenvalue weighted by atomic mass is 19.1. The van der Waals surface area contributed by atoms with E-state index in [1.165, 1.54) is 0 Å². The zero-order valence-electron chi connectivity index (χ0n) is 5.64. The van der Waals surface area contributed by atoms with Gasteiger partial charge in [0.2, 0.25) is 0 Å². The largest absolute Gasteiger partial charge is 0.327 e. The maximum atomic E-state index is 12.4. The van der Waals surface area contributed by atoms with Crippen molar-refractivity contribution in [2.45, 2.75) is 0 Å². The fraction of sp³-hybridized carbons (Fsp3) is 0. The Hall–Kier alpha value is -1.92. The van der Waals surface area contributed by atoms with Gasteiger partial charge >= 0.3 is 5.69 Å². The summed E-state index contributed by atoms with van der Waals surface area (Å²) in [6.07, 6.45) is -0.905. The zero-order chi connectivity index (χ0) is 8.72. The number of imidazole rings is 1. The fourth-order valence-corrected chi connectivity index (χ4v) is 0.904. The molecule has 2 rings (SSSR count). The van der Waals surface area contributed by atoms with Gasteiger partial charge in [0, 0.05) is 0 Å². The molecular weight excluding hydrogens is 167 g/mol. The standard InChI is InChI=1S/C5H3FN4O2/c6-4-7-1-2(8-4)9-5(12)10-3(1)11/h(H3,7,8,9,10,11,12). The molecule has 0 saturated carbocycles. The first kappa shape index (κ1) is 6.77. The number of rotatable bonds is 0. The number of hydrogen-bond donors (Lipinski definition) is 3. The van der Waals surface area contributed by atoms with E-state index >= 15 is 0 Å². The summed E-state index contributed by atoms with van der Waals surface area (Å²) in [4.78, 5) is 30.9. The molecule has 2 heterocycles. The SMILES string of the molecule is O=c1[nH]c(=O)c2[nH]c(F)nc2[nH]1. The van der Waals surface area contributed by atoms with E-state index in [1.54, 1.807) is 0 Å². The highest BCUT2D eigenvalue weighted by Gasteiger charge is 2.05. The number of hydrogen-bond acceptors (Lipinski definition) is 3. The topological polar surface area (TPSA) is 94.4 Å². The lowest BCUT2D eigenvalue weighted by molar-refractivity contribution is 0.555. The van der Waals surface area contributed by atoms with Crippen LogP contribution in [0.4, 0.5) is 4.39 Å². The molecule has 0 unspecified atom stereocenters. The van der Waals surface area contributed by atoms with Gasteiger partial charge in [-0.1, -0.05) is 0 Å². The van der Waals surface area contributed by atoms with Crippen molar-refractivity contribution in [1.29, 1.82) is 0 Å². The number of aromatic amines is 3. The van der Waals surface area contributed by atoms with Gasteiger partial charge in [-0.2, -0.15) is 9.37 Å². The maximum absolute atomic E-state index is 12.4. The summed E-state index contributed by atoms with van der Waals surface area (Å²) in [5.41, 5.74) is -1.56. The summed E-state index contributed by atoms with van der Waals surface area (Å²) in [6.45, 7) is 0. The predicted molar refractivity (Wildman–Crippen MR) is 37.3 cm³/mol. The molecule has 0 fully saturated rings. The first-order valence-corrected chi connectivity index (χ1v) is 3.04. The average molecular weight is 170 g/mol. The molecule has 0 atom stereocenters. The van der Waals surface area contributed by atoms with Crippen LogP contribution in [0, 0.1) is 6.08 Å². The minimum absolute atomic E-state index is 0.0768. The van der Waals surface area contributed by atoms with Crippen molar-refractivity contribution in [3.05, 3.63) is 26.9 Å². The summed E-state index contributed by atoms with van der Waals surface area (Å²) in [6, 6.07) is 0. The molecule has 6 nitrogen and oxygen atoms in total. The Kier molecular flexibility index (Phi) is 1.15. The van der Waals surface area contributed by atoms with E-state index in [4.69, 9.17) is 0 Å². The molecular formula is C5H3FN4O2. The summed E-state index contributed by atoms with van der Waals surface area (Å²) in [5, 5.41) is 0. The molecule has 0 aliphatic heterocycles. The first-order valence-electron chi connectivity index (χ1n) is 3.04. The lowest BCUT2D eigenvalue weighted by Crippen LogP contribution is -2.21. The number of aromatic nitrogens is 4. The lowest BCUT2D eigenvalue weighted by atomic mass is 10.5. The van der Waals surface area contributed by atoms with Gasteiger partial charge in [-0.25, -0.2) is 4.79 Å². The van der Waals surface area contributed by atoms with Crippen LogP contribution in [0.3, 0.4) is 0 Å². The first-order chi connectivity index (χ1) is 5.66. The van der Waals surface area contributed by atoms with Crippen molar-refractivity contribution in [2.24, 2.45) is 0 Å². The van der Waals surface area contributed by atoms with Crippen LogP contribution < -0.4 is 11.2 Å². The van der Waals surface area contributed by atoms with Crippen LogP contribution in [0.1, 0.15) is 0 Å².